The molecule has 0 saturated carbocycles. The average molecular weight is 284 g/mol. The van der Waals surface area contributed by atoms with Gasteiger partial charge in [-0.1, -0.05) is 6.07 Å². The van der Waals surface area contributed by atoms with Gasteiger partial charge in [0.05, 0.1) is 12.1 Å². The number of imidazole rings is 1. The summed E-state index contributed by atoms with van der Waals surface area (Å²) in [7, 11) is -1.51. The second kappa shape index (κ2) is 5.52. The second-order valence-corrected chi connectivity index (χ2v) is 5.44. The van der Waals surface area contributed by atoms with Crippen LogP contribution in [-0.4, -0.2) is 29.6 Å². The molecule has 0 aliphatic rings. The minimum atomic E-state index is -3.80. The number of aromatic nitrogens is 2. The van der Waals surface area contributed by atoms with Crippen LogP contribution in [0.2, 0.25) is 0 Å². The summed E-state index contributed by atoms with van der Waals surface area (Å²) in [6, 6.07) is 5.47. The Kier molecular flexibility index (Phi) is 3.99. The molecule has 0 amide bonds. The Morgan fingerprint density at radius 3 is 2.79 bits per heavy atom. The van der Waals surface area contributed by atoms with Crippen molar-refractivity contribution < 1.29 is 22.9 Å². The van der Waals surface area contributed by atoms with Crippen molar-refractivity contribution in [1.29, 1.82) is 0 Å². The largest absolute Gasteiger partial charge is 0.531 e. The molecule has 2 rings (SSSR count). The lowest BCUT2D eigenvalue weighted by molar-refractivity contribution is -0.135. The van der Waals surface area contributed by atoms with Crippen LogP contribution < -0.4 is 0 Å². The van der Waals surface area contributed by atoms with Crippen LogP contribution in [-0.2, 0) is 29.4 Å². The van der Waals surface area contributed by atoms with E-state index >= 15 is 0 Å². The first-order chi connectivity index (χ1) is 9.08. The van der Waals surface area contributed by atoms with Crippen LogP contribution in [0.15, 0.2) is 30.6 Å². The zero-order valence-electron chi connectivity index (χ0n) is 10.5. The van der Waals surface area contributed by atoms with Gasteiger partial charge in [0.15, 0.2) is 0 Å². The number of fused-ring (bicyclic) bond motifs is 1. The predicted octanol–water partition coefficient (Wildman–Crippen LogP) is 1.82. The predicted molar refractivity (Wildman–Crippen MR) is 66.6 cm³/mol. The van der Waals surface area contributed by atoms with Crippen LogP contribution in [0.25, 0.3) is 5.65 Å². The molecule has 19 heavy (non-hydrogen) atoms. The van der Waals surface area contributed by atoms with E-state index in [0.717, 1.165) is 14.2 Å². The molecule has 2 aromatic heterocycles. The van der Waals surface area contributed by atoms with Crippen molar-refractivity contribution in [2.75, 3.05) is 14.2 Å². The zero-order chi connectivity index (χ0) is 13.9. The number of carbonyl (C=O) groups excluding carboxylic acids is 1. The molecule has 2 heterocycles. The fourth-order valence-corrected chi connectivity index (χ4v) is 2.18. The van der Waals surface area contributed by atoms with E-state index in [1.165, 1.54) is 0 Å². The van der Waals surface area contributed by atoms with E-state index in [1.54, 1.807) is 16.8 Å². The number of hydrogen-bond donors (Lipinski definition) is 0. The van der Waals surface area contributed by atoms with E-state index in [-0.39, 0.29) is 6.42 Å². The molecule has 0 spiro atoms. The van der Waals surface area contributed by atoms with Gasteiger partial charge in [-0.3, -0.25) is 13.8 Å². The highest BCUT2D eigenvalue weighted by Crippen LogP contribution is 2.47. The maximum Gasteiger partial charge on any atom is 0.531 e. The topological polar surface area (TPSA) is 79.1 Å². The van der Waals surface area contributed by atoms with Crippen LogP contribution in [0.1, 0.15) is 5.69 Å². The van der Waals surface area contributed by atoms with E-state index in [2.05, 4.69) is 18.6 Å². The molecule has 0 unspecified atom stereocenters. The van der Waals surface area contributed by atoms with Gasteiger partial charge in [-0.05, 0) is 12.1 Å². The van der Waals surface area contributed by atoms with E-state index < -0.39 is 13.8 Å². The lowest BCUT2D eigenvalue weighted by Crippen LogP contribution is -2.09. The first kappa shape index (κ1) is 13.7. The Bertz CT molecular complexity index is 631. The lowest BCUT2D eigenvalue weighted by atomic mass is 10.3. The third-order valence-electron chi connectivity index (χ3n) is 2.48. The molecule has 0 radical (unpaired) electrons. The summed E-state index contributed by atoms with van der Waals surface area (Å²) in [4.78, 5) is 15.8. The number of phosphoric acid groups is 1. The van der Waals surface area contributed by atoms with Gasteiger partial charge in [-0.15, -0.1) is 0 Å². The molecular weight excluding hydrogens is 271 g/mol. The first-order valence-electron chi connectivity index (χ1n) is 5.43. The maximum atomic E-state index is 11.7. The smallest absolute Gasteiger partial charge is 0.370 e. The number of rotatable bonds is 5. The van der Waals surface area contributed by atoms with Crippen LogP contribution in [0, 0.1) is 0 Å². The van der Waals surface area contributed by atoms with E-state index in [0.29, 0.717) is 11.3 Å². The highest BCUT2D eigenvalue weighted by molar-refractivity contribution is 7.49. The third kappa shape index (κ3) is 3.01. The zero-order valence-corrected chi connectivity index (χ0v) is 11.4. The quantitative estimate of drug-likeness (QED) is 0.779. The summed E-state index contributed by atoms with van der Waals surface area (Å²) in [5, 5.41) is 0. The molecule has 0 N–H and O–H groups in total. The van der Waals surface area contributed by atoms with Crippen molar-refractivity contribution in [2.24, 2.45) is 0 Å². The Morgan fingerprint density at radius 1 is 1.37 bits per heavy atom. The normalized spacial score (nSPS) is 11.7. The van der Waals surface area contributed by atoms with Gasteiger partial charge in [0.1, 0.15) is 5.65 Å². The van der Waals surface area contributed by atoms with E-state index in [4.69, 9.17) is 0 Å². The number of pyridine rings is 1. The van der Waals surface area contributed by atoms with Crippen molar-refractivity contribution in [3.63, 3.8) is 0 Å². The van der Waals surface area contributed by atoms with Gasteiger partial charge in [-0.2, -0.15) is 0 Å². The number of phosphoric ester groups is 1. The van der Waals surface area contributed by atoms with Gasteiger partial charge in [0.25, 0.3) is 0 Å². The molecule has 0 fully saturated rings. The number of hydrogen-bond acceptors (Lipinski definition) is 6. The van der Waals surface area contributed by atoms with Crippen molar-refractivity contribution >= 4 is 19.4 Å². The van der Waals surface area contributed by atoms with Crippen molar-refractivity contribution in [2.45, 2.75) is 6.42 Å². The molecule has 0 aliphatic carbocycles. The molecule has 102 valence electrons. The van der Waals surface area contributed by atoms with Crippen molar-refractivity contribution in [1.82, 2.24) is 9.38 Å². The average Bonchev–Trinajstić information content (AvgIpc) is 2.82. The lowest BCUT2D eigenvalue weighted by Gasteiger charge is -2.12. The molecule has 2 aromatic rings. The van der Waals surface area contributed by atoms with Crippen LogP contribution in [0.5, 0.6) is 0 Å². The SMILES string of the molecule is COP(=O)(OC)OC(=O)Cc1cnc2ccccn12. The summed E-state index contributed by atoms with van der Waals surface area (Å²) in [6.07, 6.45) is 3.25. The standard InChI is InChI=1S/C11H13N2O5P/c1-16-19(15,17-2)18-11(14)7-9-8-12-10-5-3-4-6-13(9)10/h3-6,8H,7H2,1-2H3. The highest BCUT2D eigenvalue weighted by atomic mass is 31.2. The van der Waals surface area contributed by atoms with Gasteiger partial charge in [0, 0.05) is 26.6 Å². The minimum absolute atomic E-state index is 0.0815. The van der Waals surface area contributed by atoms with Gasteiger partial charge in [0.2, 0.25) is 0 Å². The molecule has 0 atom stereocenters. The Morgan fingerprint density at radius 2 is 2.11 bits per heavy atom. The third-order valence-corrected chi connectivity index (χ3v) is 3.80. The highest BCUT2D eigenvalue weighted by Gasteiger charge is 2.28. The van der Waals surface area contributed by atoms with E-state index in [1.807, 2.05) is 18.2 Å². The molecule has 0 aromatic carbocycles. The van der Waals surface area contributed by atoms with Crippen LogP contribution in [0.4, 0.5) is 0 Å². The van der Waals surface area contributed by atoms with Gasteiger partial charge < -0.3 is 8.92 Å². The number of carbonyl (C=O) groups is 1. The maximum absolute atomic E-state index is 11.7. The molecule has 0 aliphatic heterocycles. The van der Waals surface area contributed by atoms with Gasteiger partial charge >= 0.3 is 13.8 Å². The first-order valence-corrected chi connectivity index (χ1v) is 6.89. The molecule has 7 nitrogen and oxygen atoms in total. The van der Waals surface area contributed by atoms with E-state index in [9.17, 15) is 9.36 Å². The molecular formula is C11H13N2O5P. The summed E-state index contributed by atoms with van der Waals surface area (Å²) in [6.45, 7) is 0. The monoisotopic (exact) mass is 284 g/mol. The van der Waals surface area contributed by atoms with Crippen LogP contribution in [0.3, 0.4) is 0 Å². The minimum Gasteiger partial charge on any atom is -0.370 e. The Balaban J connectivity index is 2.13. The summed E-state index contributed by atoms with van der Waals surface area (Å²) in [5.74, 6) is -0.710. The second-order valence-electron chi connectivity index (χ2n) is 3.63. The van der Waals surface area contributed by atoms with Crippen molar-refractivity contribution in [3.8, 4) is 0 Å². The molecule has 0 bridgehead atoms. The summed E-state index contributed by atoms with van der Waals surface area (Å²) >= 11 is 0. The fraction of sp³-hybridized carbons (Fsp3) is 0.273. The number of nitrogens with zero attached hydrogens (tertiary/aromatic N) is 2. The summed E-state index contributed by atoms with van der Waals surface area (Å²) in [5.41, 5.74) is 1.34. The van der Waals surface area contributed by atoms with Crippen molar-refractivity contribution in [3.05, 3.63) is 36.3 Å². The van der Waals surface area contributed by atoms with Gasteiger partial charge in [-0.25, -0.2) is 9.55 Å². The molecule has 0 saturated heterocycles. The molecule has 8 heteroatoms. The summed E-state index contributed by atoms with van der Waals surface area (Å²) < 4.78 is 27.1. The fourth-order valence-electron chi connectivity index (χ4n) is 1.57. The Hall–Kier alpha value is -1.69. The Labute approximate surface area is 109 Å². The van der Waals surface area contributed by atoms with Crippen LogP contribution >= 0.6 is 7.82 Å².